The van der Waals surface area contributed by atoms with Crippen LogP contribution >= 0.6 is 0 Å². The minimum absolute atomic E-state index is 0.489. The fourth-order valence-electron chi connectivity index (χ4n) is 3.47. The first kappa shape index (κ1) is 16.4. The second kappa shape index (κ2) is 9.09. The Morgan fingerprint density at radius 2 is 1.90 bits per heavy atom. The predicted octanol–water partition coefficient (Wildman–Crippen LogP) is 5.10. The van der Waals surface area contributed by atoms with Crippen LogP contribution in [0.3, 0.4) is 0 Å². The van der Waals surface area contributed by atoms with E-state index in [1.165, 1.54) is 50.5 Å². The van der Waals surface area contributed by atoms with Gasteiger partial charge in [0.25, 0.3) is 0 Å². The summed E-state index contributed by atoms with van der Waals surface area (Å²) in [5, 5.41) is 3.80. The van der Waals surface area contributed by atoms with Gasteiger partial charge in [0.1, 0.15) is 5.75 Å². The van der Waals surface area contributed by atoms with Crippen molar-refractivity contribution in [2.75, 3.05) is 13.2 Å². The quantitative estimate of drug-likeness (QED) is 0.705. The summed E-state index contributed by atoms with van der Waals surface area (Å²) in [6.45, 7) is 6.12. The predicted molar refractivity (Wildman–Crippen MR) is 89.8 cm³/mol. The van der Waals surface area contributed by atoms with Crippen LogP contribution in [-0.2, 0) is 0 Å². The summed E-state index contributed by atoms with van der Waals surface area (Å²) in [7, 11) is 0. The molecule has 21 heavy (non-hydrogen) atoms. The first-order valence-corrected chi connectivity index (χ1v) is 8.81. The number of benzene rings is 1. The lowest BCUT2D eigenvalue weighted by Gasteiger charge is -2.28. The molecule has 0 bridgehead atoms. The maximum absolute atomic E-state index is 5.69. The van der Waals surface area contributed by atoms with Gasteiger partial charge in [-0.05, 0) is 56.3 Å². The van der Waals surface area contributed by atoms with E-state index in [0.717, 1.165) is 24.8 Å². The molecular formula is C19H31NO. The number of hydrogen-bond donors (Lipinski definition) is 1. The average Bonchev–Trinajstić information content (AvgIpc) is 2.78. The van der Waals surface area contributed by atoms with E-state index in [-0.39, 0.29) is 0 Å². The molecule has 1 unspecified atom stereocenters. The molecule has 0 radical (unpaired) electrons. The molecule has 0 aliphatic heterocycles. The van der Waals surface area contributed by atoms with Crippen LogP contribution in [0.1, 0.15) is 70.4 Å². The first-order chi connectivity index (χ1) is 10.3. The third-order valence-corrected chi connectivity index (χ3v) is 4.51. The lowest BCUT2D eigenvalue weighted by molar-refractivity contribution is 0.320. The van der Waals surface area contributed by atoms with Gasteiger partial charge < -0.3 is 10.1 Å². The van der Waals surface area contributed by atoms with Crippen LogP contribution in [0.2, 0.25) is 0 Å². The minimum Gasteiger partial charge on any atom is -0.494 e. The van der Waals surface area contributed by atoms with Gasteiger partial charge in [-0.3, -0.25) is 0 Å². The molecule has 1 aromatic rings. The monoisotopic (exact) mass is 289 g/mol. The smallest absolute Gasteiger partial charge is 0.119 e. The number of hydrogen-bond acceptors (Lipinski definition) is 2. The summed E-state index contributed by atoms with van der Waals surface area (Å²) in [5.41, 5.74) is 1.40. The van der Waals surface area contributed by atoms with Gasteiger partial charge in [-0.15, -0.1) is 0 Å². The standard InChI is InChI=1S/C19H31NO/c1-3-14-20-19(16-10-7-5-6-8-11-16)17-12-9-13-18(15-17)21-4-2/h9,12-13,15-16,19-20H,3-8,10-11,14H2,1-2H3. The maximum atomic E-state index is 5.69. The number of rotatable bonds is 7. The molecule has 2 nitrogen and oxygen atoms in total. The van der Waals surface area contributed by atoms with E-state index in [1.54, 1.807) is 0 Å². The van der Waals surface area contributed by atoms with Crippen molar-refractivity contribution in [2.45, 2.75) is 64.8 Å². The van der Waals surface area contributed by atoms with Gasteiger partial charge in [0, 0.05) is 6.04 Å². The van der Waals surface area contributed by atoms with Crippen molar-refractivity contribution >= 4 is 0 Å². The summed E-state index contributed by atoms with van der Waals surface area (Å²) >= 11 is 0. The largest absolute Gasteiger partial charge is 0.494 e. The third kappa shape index (κ3) is 5.03. The summed E-state index contributed by atoms with van der Waals surface area (Å²) in [6, 6.07) is 9.19. The van der Waals surface area contributed by atoms with Crippen LogP contribution in [0.4, 0.5) is 0 Å². The molecule has 0 amide bonds. The molecule has 1 atom stereocenters. The van der Waals surface area contributed by atoms with Crippen LogP contribution < -0.4 is 10.1 Å². The first-order valence-electron chi connectivity index (χ1n) is 8.81. The molecule has 118 valence electrons. The summed E-state index contributed by atoms with van der Waals surface area (Å²) in [4.78, 5) is 0. The Labute approximate surface area is 130 Å². The van der Waals surface area contributed by atoms with E-state index in [2.05, 4.69) is 36.5 Å². The third-order valence-electron chi connectivity index (χ3n) is 4.51. The summed E-state index contributed by atoms with van der Waals surface area (Å²) in [5.74, 6) is 1.78. The number of ether oxygens (including phenoxy) is 1. The normalized spacial score (nSPS) is 18.2. The van der Waals surface area contributed by atoms with E-state index in [0.29, 0.717) is 6.04 Å². The van der Waals surface area contributed by atoms with Crippen molar-refractivity contribution in [1.82, 2.24) is 5.32 Å². The molecule has 1 N–H and O–H groups in total. The zero-order valence-corrected chi connectivity index (χ0v) is 13.7. The Morgan fingerprint density at radius 3 is 2.57 bits per heavy atom. The van der Waals surface area contributed by atoms with Gasteiger partial charge in [-0.1, -0.05) is 44.7 Å². The van der Waals surface area contributed by atoms with Crippen LogP contribution in [0.5, 0.6) is 5.75 Å². The molecule has 0 saturated heterocycles. The molecule has 0 spiro atoms. The molecule has 1 aliphatic carbocycles. The molecule has 0 heterocycles. The van der Waals surface area contributed by atoms with Crippen molar-refractivity contribution in [3.05, 3.63) is 29.8 Å². The van der Waals surface area contributed by atoms with E-state index in [9.17, 15) is 0 Å². The summed E-state index contributed by atoms with van der Waals surface area (Å²) < 4.78 is 5.69. The molecule has 1 fully saturated rings. The van der Waals surface area contributed by atoms with Crippen LogP contribution in [0.25, 0.3) is 0 Å². The molecule has 1 aliphatic rings. The van der Waals surface area contributed by atoms with E-state index < -0.39 is 0 Å². The minimum atomic E-state index is 0.489. The van der Waals surface area contributed by atoms with Crippen molar-refractivity contribution in [2.24, 2.45) is 5.92 Å². The van der Waals surface area contributed by atoms with Crippen molar-refractivity contribution in [3.63, 3.8) is 0 Å². The van der Waals surface area contributed by atoms with E-state index >= 15 is 0 Å². The highest BCUT2D eigenvalue weighted by molar-refractivity contribution is 5.31. The van der Waals surface area contributed by atoms with Gasteiger partial charge in [-0.2, -0.15) is 0 Å². The van der Waals surface area contributed by atoms with Gasteiger partial charge in [0.05, 0.1) is 6.61 Å². The Balaban J connectivity index is 2.15. The summed E-state index contributed by atoms with van der Waals surface area (Å²) in [6.07, 6.45) is 9.51. The van der Waals surface area contributed by atoms with E-state index in [4.69, 9.17) is 4.74 Å². The lowest BCUT2D eigenvalue weighted by atomic mass is 9.87. The molecule has 2 rings (SSSR count). The van der Waals surface area contributed by atoms with Gasteiger partial charge in [0.2, 0.25) is 0 Å². The van der Waals surface area contributed by atoms with Crippen LogP contribution in [0, 0.1) is 5.92 Å². The fraction of sp³-hybridized carbons (Fsp3) is 0.684. The second-order valence-electron chi connectivity index (χ2n) is 6.19. The lowest BCUT2D eigenvalue weighted by Crippen LogP contribution is -2.29. The molecular weight excluding hydrogens is 258 g/mol. The van der Waals surface area contributed by atoms with Gasteiger partial charge >= 0.3 is 0 Å². The Hall–Kier alpha value is -1.02. The highest BCUT2D eigenvalue weighted by Gasteiger charge is 2.23. The Kier molecular flexibility index (Phi) is 7.08. The molecule has 1 saturated carbocycles. The van der Waals surface area contributed by atoms with Crippen molar-refractivity contribution in [1.29, 1.82) is 0 Å². The van der Waals surface area contributed by atoms with Gasteiger partial charge in [0.15, 0.2) is 0 Å². The fourth-order valence-corrected chi connectivity index (χ4v) is 3.47. The van der Waals surface area contributed by atoms with Crippen molar-refractivity contribution in [3.8, 4) is 5.75 Å². The highest BCUT2D eigenvalue weighted by atomic mass is 16.5. The Morgan fingerprint density at radius 1 is 1.14 bits per heavy atom. The molecule has 2 heteroatoms. The molecule has 1 aromatic carbocycles. The zero-order valence-electron chi connectivity index (χ0n) is 13.7. The SMILES string of the molecule is CCCNC(c1cccc(OCC)c1)C1CCCCCC1. The topological polar surface area (TPSA) is 21.3 Å². The van der Waals surface area contributed by atoms with Crippen LogP contribution in [-0.4, -0.2) is 13.2 Å². The zero-order chi connectivity index (χ0) is 14.9. The maximum Gasteiger partial charge on any atom is 0.119 e. The van der Waals surface area contributed by atoms with Crippen LogP contribution in [0.15, 0.2) is 24.3 Å². The molecule has 0 aromatic heterocycles. The van der Waals surface area contributed by atoms with E-state index in [1.807, 2.05) is 6.92 Å². The number of nitrogens with one attached hydrogen (secondary N) is 1. The Bertz CT molecular complexity index is 396. The van der Waals surface area contributed by atoms with Crippen molar-refractivity contribution < 1.29 is 4.74 Å². The second-order valence-corrected chi connectivity index (χ2v) is 6.19. The van der Waals surface area contributed by atoms with Gasteiger partial charge in [-0.25, -0.2) is 0 Å². The average molecular weight is 289 g/mol. The highest BCUT2D eigenvalue weighted by Crippen LogP contribution is 2.34.